The van der Waals surface area contributed by atoms with E-state index in [1.807, 2.05) is 0 Å². The molecule has 4 nitrogen and oxygen atoms in total. The molecule has 0 fully saturated rings. The molecule has 0 saturated carbocycles. The molecular formula is C10H10ClNO3. The minimum atomic E-state index is -1.10. The number of rotatable bonds is 3. The second kappa shape index (κ2) is 4.79. The standard InChI is InChI=1S/C10H10ClNO3/c1-6(13)12-9(10(14)15)7-2-4-8(11)5-3-7/h2-5,9H,1H3,(H,12,13)(H,14,15). The molecular weight excluding hydrogens is 218 g/mol. The van der Waals surface area contributed by atoms with Gasteiger partial charge in [0.05, 0.1) is 0 Å². The van der Waals surface area contributed by atoms with Gasteiger partial charge in [-0.15, -0.1) is 0 Å². The zero-order valence-corrected chi connectivity index (χ0v) is 8.78. The van der Waals surface area contributed by atoms with Crippen LogP contribution >= 0.6 is 11.6 Å². The van der Waals surface area contributed by atoms with Gasteiger partial charge in [0.1, 0.15) is 0 Å². The summed E-state index contributed by atoms with van der Waals surface area (Å²) in [4.78, 5) is 21.7. The van der Waals surface area contributed by atoms with E-state index in [9.17, 15) is 9.59 Å². The zero-order chi connectivity index (χ0) is 11.4. The fourth-order valence-corrected chi connectivity index (χ4v) is 1.27. The summed E-state index contributed by atoms with van der Waals surface area (Å²) in [5, 5.41) is 11.7. The molecule has 0 spiro atoms. The number of halogens is 1. The Kier molecular flexibility index (Phi) is 3.68. The van der Waals surface area contributed by atoms with Crippen molar-refractivity contribution in [3.63, 3.8) is 0 Å². The largest absolute Gasteiger partial charge is 0.479 e. The molecule has 0 aliphatic heterocycles. The van der Waals surface area contributed by atoms with Crippen LogP contribution in [-0.2, 0) is 9.59 Å². The molecule has 1 aromatic rings. The van der Waals surface area contributed by atoms with Gasteiger partial charge >= 0.3 is 5.97 Å². The van der Waals surface area contributed by atoms with Gasteiger partial charge in [-0.05, 0) is 17.7 Å². The normalized spacial score (nSPS) is 11.9. The van der Waals surface area contributed by atoms with Crippen molar-refractivity contribution in [3.05, 3.63) is 34.9 Å². The van der Waals surface area contributed by atoms with Crippen LogP contribution in [0, 0.1) is 0 Å². The molecule has 0 bridgehead atoms. The van der Waals surface area contributed by atoms with Gasteiger partial charge in [-0.1, -0.05) is 23.7 Å². The second-order valence-corrected chi connectivity index (χ2v) is 3.46. The number of hydrogen-bond donors (Lipinski definition) is 2. The monoisotopic (exact) mass is 227 g/mol. The first-order valence-electron chi connectivity index (χ1n) is 4.26. The van der Waals surface area contributed by atoms with Gasteiger partial charge in [0.15, 0.2) is 6.04 Å². The fraction of sp³-hybridized carbons (Fsp3) is 0.200. The first-order valence-corrected chi connectivity index (χ1v) is 4.64. The predicted octanol–water partition coefficient (Wildman–Crippen LogP) is 1.60. The van der Waals surface area contributed by atoms with Crippen LogP contribution in [0.2, 0.25) is 5.02 Å². The van der Waals surface area contributed by atoms with Crippen molar-refractivity contribution in [1.29, 1.82) is 0 Å². The van der Waals surface area contributed by atoms with E-state index in [1.165, 1.54) is 6.92 Å². The molecule has 1 aromatic carbocycles. The number of carboxylic acid groups (broad SMARTS) is 1. The van der Waals surface area contributed by atoms with Crippen LogP contribution < -0.4 is 5.32 Å². The Morgan fingerprint density at radius 2 is 1.87 bits per heavy atom. The highest BCUT2D eigenvalue weighted by atomic mass is 35.5. The summed E-state index contributed by atoms with van der Waals surface area (Å²) in [6.45, 7) is 1.27. The maximum Gasteiger partial charge on any atom is 0.330 e. The maximum absolute atomic E-state index is 10.9. The lowest BCUT2D eigenvalue weighted by atomic mass is 10.1. The maximum atomic E-state index is 10.9. The Hall–Kier alpha value is -1.55. The molecule has 15 heavy (non-hydrogen) atoms. The quantitative estimate of drug-likeness (QED) is 0.824. The molecule has 0 radical (unpaired) electrons. The Bertz CT molecular complexity index is 375. The summed E-state index contributed by atoms with van der Waals surface area (Å²) in [7, 11) is 0. The molecule has 0 aromatic heterocycles. The predicted molar refractivity (Wildman–Crippen MR) is 55.6 cm³/mol. The lowest BCUT2D eigenvalue weighted by molar-refractivity contribution is -0.141. The Balaban J connectivity index is 2.94. The van der Waals surface area contributed by atoms with E-state index in [4.69, 9.17) is 16.7 Å². The van der Waals surface area contributed by atoms with Crippen LogP contribution in [0.4, 0.5) is 0 Å². The van der Waals surface area contributed by atoms with Crippen molar-refractivity contribution in [3.8, 4) is 0 Å². The van der Waals surface area contributed by atoms with Gasteiger partial charge in [0.25, 0.3) is 0 Å². The third kappa shape index (κ3) is 3.25. The first-order chi connectivity index (χ1) is 7.00. The summed E-state index contributed by atoms with van der Waals surface area (Å²) in [5.41, 5.74) is 0.488. The third-order valence-corrected chi connectivity index (χ3v) is 2.05. The minimum absolute atomic E-state index is 0.391. The second-order valence-electron chi connectivity index (χ2n) is 3.02. The van der Waals surface area contributed by atoms with E-state index in [0.29, 0.717) is 10.6 Å². The fourth-order valence-electron chi connectivity index (χ4n) is 1.15. The van der Waals surface area contributed by atoms with Crippen LogP contribution in [0.25, 0.3) is 0 Å². The van der Waals surface area contributed by atoms with Gasteiger partial charge in [-0.2, -0.15) is 0 Å². The number of nitrogens with one attached hydrogen (secondary N) is 1. The molecule has 0 aliphatic carbocycles. The number of aliphatic carboxylic acids is 1. The average molecular weight is 228 g/mol. The van der Waals surface area contributed by atoms with E-state index in [-0.39, 0.29) is 0 Å². The molecule has 1 rings (SSSR count). The van der Waals surface area contributed by atoms with Gasteiger partial charge in [-0.25, -0.2) is 4.79 Å². The molecule has 0 saturated heterocycles. The van der Waals surface area contributed by atoms with Crippen LogP contribution in [-0.4, -0.2) is 17.0 Å². The summed E-state index contributed by atoms with van der Waals surface area (Å²) >= 11 is 5.67. The number of benzene rings is 1. The van der Waals surface area contributed by atoms with Gasteiger partial charge in [-0.3, -0.25) is 4.79 Å². The summed E-state index contributed by atoms with van der Waals surface area (Å²) in [6, 6.07) is 5.26. The highest BCUT2D eigenvalue weighted by Gasteiger charge is 2.20. The highest BCUT2D eigenvalue weighted by molar-refractivity contribution is 6.30. The number of carboxylic acids is 1. The van der Waals surface area contributed by atoms with Crippen LogP contribution in [0.5, 0.6) is 0 Å². The van der Waals surface area contributed by atoms with E-state index >= 15 is 0 Å². The van der Waals surface area contributed by atoms with E-state index in [0.717, 1.165) is 0 Å². The van der Waals surface area contributed by atoms with Crippen molar-refractivity contribution >= 4 is 23.5 Å². The SMILES string of the molecule is CC(=O)NC(C(=O)O)c1ccc(Cl)cc1. The highest BCUT2D eigenvalue weighted by Crippen LogP contribution is 2.16. The van der Waals surface area contributed by atoms with Crippen molar-refractivity contribution in [2.24, 2.45) is 0 Å². The lowest BCUT2D eigenvalue weighted by Gasteiger charge is -2.13. The van der Waals surface area contributed by atoms with Crippen LogP contribution in [0.1, 0.15) is 18.5 Å². The zero-order valence-electron chi connectivity index (χ0n) is 8.03. The van der Waals surface area contributed by atoms with Crippen LogP contribution in [0.3, 0.4) is 0 Å². The van der Waals surface area contributed by atoms with E-state index in [2.05, 4.69) is 5.32 Å². The lowest BCUT2D eigenvalue weighted by Crippen LogP contribution is -2.31. The number of carbonyl (C=O) groups excluding carboxylic acids is 1. The topological polar surface area (TPSA) is 66.4 Å². The third-order valence-electron chi connectivity index (χ3n) is 1.80. The summed E-state index contributed by atoms with van der Waals surface area (Å²) in [5.74, 6) is -1.50. The summed E-state index contributed by atoms with van der Waals surface area (Å²) in [6.07, 6.45) is 0. The van der Waals surface area contributed by atoms with Crippen molar-refractivity contribution in [2.45, 2.75) is 13.0 Å². The molecule has 0 heterocycles. The van der Waals surface area contributed by atoms with Crippen molar-refractivity contribution in [1.82, 2.24) is 5.32 Å². The van der Waals surface area contributed by atoms with Gasteiger partial charge in [0.2, 0.25) is 5.91 Å². The smallest absolute Gasteiger partial charge is 0.330 e. The van der Waals surface area contributed by atoms with Crippen molar-refractivity contribution < 1.29 is 14.7 Å². The number of hydrogen-bond acceptors (Lipinski definition) is 2. The van der Waals surface area contributed by atoms with Crippen LogP contribution in [0.15, 0.2) is 24.3 Å². The van der Waals surface area contributed by atoms with E-state index < -0.39 is 17.9 Å². The molecule has 1 amide bonds. The Morgan fingerprint density at radius 1 is 1.33 bits per heavy atom. The molecule has 5 heteroatoms. The van der Waals surface area contributed by atoms with E-state index in [1.54, 1.807) is 24.3 Å². The van der Waals surface area contributed by atoms with Gasteiger partial charge in [0, 0.05) is 11.9 Å². The summed E-state index contributed by atoms with van der Waals surface area (Å²) < 4.78 is 0. The molecule has 1 unspecified atom stereocenters. The number of carbonyl (C=O) groups is 2. The Morgan fingerprint density at radius 3 is 2.27 bits per heavy atom. The van der Waals surface area contributed by atoms with Gasteiger partial charge < -0.3 is 10.4 Å². The first kappa shape index (κ1) is 11.5. The molecule has 1 atom stereocenters. The molecule has 80 valence electrons. The Labute approximate surface area is 91.9 Å². The van der Waals surface area contributed by atoms with Crippen molar-refractivity contribution in [2.75, 3.05) is 0 Å². The minimum Gasteiger partial charge on any atom is -0.479 e. The average Bonchev–Trinajstić information content (AvgIpc) is 2.15. The molecule has 2 N–H and O–H groups in total. The molecule has 0 aliphatic rings. The number of amides is 1.